The van der Waals surface area contributed by atoms with Crippen molar-refractivity contribution < 1.29 is 9.53 Å². The number of hydrogen-bond donors (Lipinski definition) is 2. The summed E-state index contributed by atoms with van der Waals surface area (Å²) in [5, 5.41) is 7.47. The van der Waals surface area contributed by atoms with Gasteiger partial charge in [-0.25, -0.2) is 4.98 Å². The molecule has 7 heteroatoms. The molecule has 1 atom stereocenters. The van der Waals surface area contributed by atoms with E-state index in [2.05, 4.69) is 31.5 Å². The van der Waals surface area contributed by atoms with Gasteiger partial charge in [-0.15, -0.1) is 11.3 Å². The van der Waals surface area contributed by atoms with Gasteiger partial charge in [0.05, 0.1) is 12.3 Å². The number of thiophene rings is 1. The van der Waals surface area contributed by atoms with Crippen molar-refractivity contribution in [3.05, 3.63) is 56.5 Å². The van der Waals surface area contributed by atoms with Gasteiger partial charge in [-0.2, -0.15) is 0 Å². The molecule has 0 bridgehead atoms. The van der Waals surface area contributed by atoms with Crippen LogP contribution in [0.3, 0.4) is 0 Å². The van der Waals surface area contributed by atoms with Gasteiger partial charge >= 0.3 is 0 Å². The van der Waals surface area contributed by atoms with E-state index in [9.17, 15) is 4.79 Å². The van der Waals surface area contributed by atoms with Crippen LogP contribution in [-0.2, 0) is 11.3 Å². The normalized spacial score (nSPS) is 16.4. The topological polar surface area (TPSA) is 63.2 Å². The number of rotatable bonds is 3. The number of aryl methyl sites for hydroxylation is 1. The third-order valence-electron chi connectivity index (χ3n) is 4.15. The highest BCUT2D eigenvalue weighted by molar-refractivity contribution is 9.10. The van der Waals surface area contributed by atoms with Crippen LogP contribution >= 0.6 is 27.3 Å². The molecule has 1 unspecified atom stereocenters. The van der Waals surface area contributed by atoms with Crippen molar-refractivity contribution in [2.75, 3.05) is 12.4 Å². The number of carbonyl (C=O) groups is 1. The smallest absolute Gasteiger partial charge is 0.265 e. The van der Waals surface area contributed by atoms with E-state index in [1.54, 1.807) is 7.11 Å². The van der Waals surface area contributed by atoms with Gasteiger partial charge < -0.3 is 15.4 Å². The van der Waals surface area contributed by atoms with E-state index in [-0.39, 0.29) is 12.1 Å². The zero-order valence-corrected chi connectivity index (χ0v) is 16.1. The number of fused-ring (bicyclic) bond motifs is 3. The molecule has 0 fully saturated rings. The third-order valence-corrected chi connectivity index (χ3v) is 5.76. The lowest BCUT2D eigenvalue weighted by molar-refractivity contribution is 0.0940. The molecule has 25 heavy (non-hydrogen) atoms. The molecule has 4 rings (SSSR count). The van der Waals surface area contributed by atoms with Crippen LogP contribution in [0.2, 0.25) is 0 Å². The molecule has 0 aliphatic carbocycles. The number of anilines is 1. The average molecular weight is 418 g/mol. The Morgan fingerprint density at radius 3 is 2.76 bits per heavy atom. The lowest BCUT2D eigenvalue weighted by Gasteiger charge is -2.26. The van der Waals surface area contributed by atoms with Gasteiger partial charge in [-0.1, -0.05) is 28.1 Å². The van der Waals surface area contributed by atoms with Crippen LogP contribution in [0.5, 0.6) is 0 Å². The van der Waals surface area contributed by atoms with E-state index < -0.39 is 0 Å². The fourth-order valence-corrected chi connectivity index (χ4v) is 4.48. The monoisotopic (exact) mass is 417 g/mol. The van der Waals surface area contributed by atoms with Crippen LogP contribution in [0.1, 0.15) is 32.7 Å². The minimum absolute atomic E-state index is 0.0781. The zero-order chi connectivity index (χ0) is 17.6. The number of carbonyl (C=O) groups excluding carboxylic acids is 1. The summed E-state index contributed by atoms with van der Waals surface area (Å²) >= 11 is 4.85. The van der Waals surface area contributed by atoms with Crippen molar-refractivity contribution in [3.63, 3.8) is 0 Å². The number of methoxy groups -OCH3 is 1. The molecule has 3 aromatic rings. The Hall–Kier alpha value is -1.96. The minimum Gasteiger partial charge on any atom is -0.380 e. The summed E-state index contributed by atoms with van der Waals surface area (Å²) in [7, 11) is 1.67. The second-order valence-corrected chi connectivity index (χ2v) is 7.86. The standard InChI is InChI=1S/C18H16BrN3O2S/c1-9-7-11(8-24-2)13-14-15(25-18(13)20-9)17(23)22-16(21-14)10-3-5-12(19)6-4-10/h3-7,16,21H,8H2,1-2H3,(H,22,23). The summed E-state index contributed by atoms with van der Waals surface area (Å²) in [6, 6.07) is 9.92. The largest absolute Gasteiger partial charge is 0.380 e. The van der Waals surface area contributed by atoms with Crippen LogP contribution in [-0.4, -0.2) is 18.0 Å². The van der Waals surface area contributed by atoms with Crippen molar-refractivity contribution in [2.24, 2.45) is 0 Å². The number of nitrogens with zero attached hydrogens (tertiary/aromatic N) is 1. The Bertz CT molecular complexity index is 969. The summed E-state index contributed by atoms with van der Waals surface area (Å²) in [5.41, 5.74) is 3.80. The Morgan fingerprint density at radius 1 is 1.28 bits per heavy atom. The maximum atomic E-state index is 12.7. The summed E-state index contributed by atoms with van der Waals surface area (Å²) in [5.74, 6) is -0.0781. The molecule has 1 aliphatic rings. The molecule has 2 aromatic heterocycles. The molecule has 3 heterocycles. The molecule has 128 valence electrons. The predicted molar refractivity (Wildman–Crippen MR) is 103 cm³/mol. The fraction of sp³-hybridized carbons (Fsp3) is 0.222. The molecule has 0 saturated heterocycles. The average Bonchev–Trinajstić information content (AvgIpc) is 2.94. The molecule has 0 spiro atoms. The van der Waals surface area contributed by atoms with E-state index in [0.717, 1.165) is 37.2 Å². The van der Waals surface area contributed by atoms with Gasteiger partial charge in [0, 0.05) is 22.7 Å². The van der Waals surface area contributed by atoms with Crippen LogP contribution in [0.15, 0.2) is 34.8 Å². The first-order valence-corrected chi connectivity index (χ1v) is 9.42. The Kier molecular flexibility index (Phi) is 4.23. The van der Waals surface area contributed by atoms with E-state index in [4.69, 9.17) is 4.74 Å². The summed E-state index contributed by atoms with van der Waals surface area (Å²) < 4.78 is 6.35. The molecule has 1 aliphatic heterocycles. The van der Waals surface area contributed by atoms with E-state index >= 15 is 0 Å². The molecular weight excluding hydrogens is 402 g/mol. The third kappa shape index (κ3) is 2.92. The first kappa shape index (κ1) is 16.5. The second kappa shape index (κ2) is 6.40. The van der Waals surface area contributed by atoms with Crippen molar-refractivity contribution in [1.82, 2.24) is 10.3 Å². The number of pyridine rings is 1. The van der Waals surface area contributed by atoms with Gasteiger partial charge in [-0.05, 0) is 36.2 Å². The lowest BCUT2D eigenvalue weighted by Crippen LogP contribution is -2.37. The Balaban J connectivity index is 1.84. The van der Waals surface area contributed by atoms with Crippen molar-refractivity contribution in [3.8, 4) is 0 Å². The van der Waals surface area contributed by atoms with Gasteiger partial charge in [0.15, 0.2) is 0 Å². The van der Waals surface area contributed by atoms with E-state index in [1.165, 1.54) is 11.3 Å². The van der Waals surface area contributed by atoms with Crippen LogP contribution in [0.25, 0.3) is 10.2 Å². The van der Waals surface area contributed by atoms with Crippen molar-refractivity contribution >= 4 is 49.1 Å². The summed E-state index contributed by atoms with van der Waals surface area (Å²) in [4.78, 5) is 18.8. The molecule has 1 aromatic carbocycles. The van der Waals surface area contributed by atoms with Crippen molar-refractivity contribution in [2.45, 2.75) is 19.7 Å². The first-order valence-electron chi connectivity index (χ1n) is 7.81. The Morgan fingerprint density at radius 2 is 2.04 bits per heavy atom. The van der Waals surface area contributed by atoms with Gasteiger partial charge in [0.1, 0.15) is 15.9 Å². The fourth-order valence-electron chi connectivity index (χ4n) is 3.08. The van der Waals surface area contributed by atoms with Crippen LogP contribution in [0, 0.1) is 6.92 Å². The molecule has 2 N–H and O–H groups in total. The predicted octanol–water partition coefficient (Wildman–Crippen LogP) is 4.37. The minimum atomic E-state index is -0.275. The Labute approximate surface area is 157 Å². The highest BCUT2D eigenvalue weighted by Gasteiger charge is 2.30. The summed E-state index contributed by atoms with van der Waals surface area (Å²) in [6.45, 7) is 2.44. The molecular formula is C18H16BrN3O2S. The van der Waals surface area contributed by atoms with Gasteiger partial charge in [-0.3, -0.25) is 4.79 Å². The van der Waals surface area contributed by atoms with E-state index in [1.807, 2.05) is 37.3 Å². The number of benzene rings is 1. The SMILES string of the molecule is COCc1cc(C)nc2sc3c(c12)NC(c1ccc(Br)cc1)NC3=O. The molecule has 1 amide bonds. The van der Waals surface area contributed by atoms with Crippen LogP contribution in [0.4, 0.5) is 5.69 Å². The highest BCUT2D eigenvalue weighted by atomic mass is 79.9. The van der Waals surface area contributed by atoms with Crippen LogP contribution < -0.4 is 10.6 Å². The quantitative estimate of drug-likeness (QED) is 0.663. The number of ether oxygens (including phenoxy) is 1. The van der Waals surface area contributed by atoms with Crippen molar-refractivity contribution in [1.29, 1.82) is 0 Å². The number of halogens is 1. The van der Waals surface area contributed by atoms with Gasteiger partial charge in [0.25, 0.3) is 5.91 Å². The maximum absolute atomic E-state index is 12.7. The maximum Gasteiger partial charge on any atom is 0.265 e. The second-order valence-electron chi connectivity index (χ2n) is 5.94. The molecule has 0 radical (unpaired) electrons. The lowest BCUT2D eigenvalue weighted by atomic mass is 10.1. The van der Waals surface area contributed by atoms with Gasteiger partial charge in [0.2, 0.25) is 0 Å². The number of hydrogen-bond acceptors (Lipinski definition) is 5. The number of amides is 1. The molecule has 5 nitrogen and oxygen atoms in total. The number of nitrogens with one attached hydrogen (secondary N) is 2. The number of aromatic nitrogens is 1. The van der Waals surface area contributed by atoms with E-state index in [0.29, 0.717) is 11.5 Å². The zero-order valence-electron chi connectivity index (χ0n) is 13.7. The first-order chi connectivity index (χ1) is 12.1. The summed E-state index contributed by atoms with van der Waals surface area (Å²) in [6.07, 6.45) is -0.275. The molecule has 0 saturated carbocycles. The highest BCUT2D eigenvalue weighted by Crippen LogP contribution is 2.41.